The third-order valence-corrected chi connectivity index (χ3v) is 1.38. The van der Waals surface area contributed by atoms with Crippen molar-refractivity contribution in [2.45, 2.75) is 0 Å². The maximum Gasteiger partial charge on any atom is 0.619 e. The number of nitro groups is 2. The molecule has 2 N–H and O–H groups in total. The molecule has 0 spiro atoms. The number of hydrogen-bond donors (Lipinski definition) is 2. The lowest BCUT2D eigenvalue weighted by Gasteiger charge is -2.11. The number of hydrogen-bond acceptors (Lipinski definition) is 6. The van der Waals surface area contributed by atoms with Crippen molar-refractivity contribution in [2.24, 2.45) is 0 Å². The van der Waals surface area contributed by atoms with Crippen molar-refractivity contribution in [3.8, 4) is 0 Å². The molecular formula is C5H8N4O6. The van der Waals surface area contributed by atoms with Gasteiger partial charge in [-0.3, -0.25) is 25.1 Å². The molecular weight excluding hydrogens is 212 g/mol. The van der Waals surface area contributed by atoms with E-state index in [-0.39, 0.29) is 0 Å². The Bertz CT molecular complexity index is 320. The van der Waals surface area contributed by atoms with Crippen molar-refractivity contribution in [3.63, 3.8) is 0 Å². The first-order valence-corrected chi connectivity index (χ1v) is 3.50. The van der Waals surface area contributed by atoms with E-state index in [4.69, 9.17) is 5.11 Å². The molecule has 2 amide bonds. The molecule has 0 atom stereocenters. The van der Waals surface area contributed by atoms with Gasteiger partial charge in [-0.1, -0.05) is 0 Å². The zero-order valence-corrected chi connectivity index (χ0v) is 7.83. The van der Waals surface area contributed by atoms with Crippen molar-refractivity contribution < 1.29 is 19.7 Å². The van der Waals surface area contributed by atoms with E-state index in [9.17, 15) is 25.0 Å². The molecule has 0 aliphatic heterocycles. The number of carbonyl (C=O) groups excluding carboxylic acids is 1. The highest BCUT2D eigenvalue weighted by Crippen LogP contribution is 2.07. The largest absolute Gasteiger partial charge is 0.619 e. The summed E-state index contributed by atoms with van der Waals surface area (Å²) < 4.78 is 0. The summed E-state index contributed by atoms with van der Waals surface area (Å²) in [4.78, 5) is 28.8. The summed E-state index contributed by atoms with van der Waals surface area (Å²) in [5.41, 5.74) is 0. The molecule has 0 unspecified atom stereocenters. The molecule has 0 fully saturated rings. The van der Waals surface area contributed by atoms with E-state index in [2.05, 4.69) is 0 Å². The third-order valence-electron chi connectivity index (χ3n) is 1.38. The molecule has 0 saturated carbocycles. The van der Waals surface area contributed by atoms with Gasteiger partial charge in [0, 0.05) is 14.1 Å². The van der Waals surface area contributed by atoms with Gasteiger partial charge in [0.2, 0.25) is 0 Å². The van der Waals surface area contributed by atoms with Crippen LogP contribution in [0.4, 0.5) is 4.79 Å². The highest BCUT2D eigenvalue weighted by atomic mass is 16.7. The number of urea groups is 1. The van der Waals surface area contributed by atoms with Gasteiger partial charge < -0.3 is 10.4 Å². The Morgan fingerprint density at radius 3 is 2.00 bits per heavy atom. The quantitative estimate of drug-likeness (QED) is 0.373. The summed E-state index contributed by atoms with van der Waals surface area (Å²) in [6, 6.07) is -0.922. The molecule has 15 heavy (non-hydrogen) atoms. The van der Waals surface area contributed by atoms with Crippen LogP contribution in [0.1, 0.15) is 0 Å². The van der Waals surface area contributed by atoms with E-state index in [0.717, 1.165) is 7.05 Å². The van der Waals surface area contributed by atoms with Crippen LogP contribution in [-0.2, 0) is 0 Å². The highest BCUT2D eigenvalue weighted by molar-refractivity contribution is 5.74. The van der Waals surface area contributed by atoms with Crippen molar-refractivity contribution in [1.82, 2.24) is 10.2 Å². The molecule has 0 radical (unpaired) electrons. The fraction of sp³-hybridized carbons (Fsp3) is 0.400. The average molecular weight is 220 g/mol. The Balaban J connectivity index is 5.28. The third kappa shape index (κ3) is 2.79. The van der Waals surface area contributed by atoms with Crippen molar-refractivity contribution in [1.29, 1.82) is 0 Å². The number of carbonyl (C=O) groups is 1. The number of rotatable bonds is 3. The topological polar surface area (TPSA) is 139 Å². The van der Waals surface area contributed by atoms with E-state index in [1.807, 2.05) is 5.32 Å². The number of nitrogens with zero attached hydrogens (tertiary/aromatic N) is 3. The Hall–Kier alpha value is -2.39. The normalized spacial score (nSPS) is 8.93. The van der Waals surface area contributed by atoms with E-state index in [1.54, 1.807) is 0 Å². The Labute approximate surface area is 83.1 Å². The smallest absolute Gasteiger partial charge is 0.484 e. The number of aliphatic hydroxyl groups is 1. The van der Waals surface area contributed by atoms with Crippen molar-refractivity contribution in [3.05, 3.63) is 31.9 Å². The fourth-order valence-corrected chi connectivity index (χ4v) is 0.644. The maximum absolute atomic E-state index is 10.9. The second kappa shape index (κ2) is 4.74. The van der Waals surface area contributed by atoms with Crippen LogP contribution in [0.2, 0.25) is 0 Å². The second-order valence-electron chi connectivity index (χ2n) is 2.28. The molecule has 0 rings (SSSR count). The van der Waals surface area contributed by atoms with E-state index in [1.165, 1.54) is 7.05 Å². The molecule has 0 aromatic rings. The number of aliphatic hydroxyl groups excluding tert-OH is 1. The molecule has 0 bridgehead atoms. The van der Waals surface area contributed by atoms with Gasteiger partial charge in [-0.25, -0.2) is 4.79 Å². The maximum atomic E-state index is 10.9. The van der Waals surface area contributed by atoms with Gasteiger partial charge in [-0.15, -0.1) is 0 Å². The van der Waals surface area contributed by atoms with Gasteiger partial charge in [-0.2, -0.15) is 0 Å². The van der Waals surface area contributed by atoms with Crippen LogP contribution in [0.5, 0.6) is 0 Å². The predicted octanol–water partition coefficient (Wildman–Crippen LogP) is -0.504. The molecule has 0 aliphatic carbocycles. The monoisotopic (exact) mass is 220 g/mol. The first kappa shape index (κ1) is 12.6. The van der Waals surface area contributed by atoms with Crippen LogP contribution >= 0.6 is 0 Å². The lowest BCUT2D eigenvalue weighted by molar-refractivity contribution is -0.620. The summed E-state index contributed by atoms with van der Waals surface area (Å²) in [5.74, 6) is -3.01. The molecule has 0 aromatic carbocycles. The minimum Gasteiger partial charge on any atom is -0.484 e. The van der Waals surface area contributed by atoms with Crippen LogP contribution in [-0.4, -0.2) is 40.0 Å². The summed E-state index contributed by atoms with van der Waals surface area (Å²) in [7, 11) is 2.14. The molecule has 0 heterocycles. The number of nitrogens with one attached hydrogen (secondary N) is 1. The molecule has 10 nitrogen and oxygen atoms in total. The average Bonchev–Trinajstić information content (AvgIpc) is 2.14. The highest BCUT2D eigenvalue weighted by Gasteiger charge is 2.36. The van der Waals surface area contributed by atoms with Gasteiger partial charge >= 0.3 is 17.7 Å². The SMILES string of the molecule is CNC(=O)N(C)C(O)=C([N+](=O)[O-])[N+](=O)[O-]. The van der Waals surface area contributed by atoms with Crippen LogP contribution in [0.3, 0.4) is 0 Å². The molecule has 0 saturated heterocycles. The minimum atomic E-state index is -1.67. The molecule has 0 aliphatic rings. The molecule has 84 valence electrons. The van der Waals surface area contributed by atoms with Crippen LogP contribution < -0.4 is 5.32 Å². The minimum absolute atomic E-state index is 0.348. The Morgan fingerprint density at radius 1 is 1.33 bits per heavy atom. The first-order valence-electron chi connectivity index (χ1n) is 3.50. The molecule has 10 heteroatoms. The van der Waals surface area contributed by atoms with Gasteiger partial charge in [0.1, 0.15) is 9.85 Å². The Kier molecular flexibility index (Phi) is 3.98. The van der Waals surface area contributed by atoms with E-state index >= 15 is 0 Å². The first-order chi connectivity index (χ1) is 6.82. The standard InChI is InChI=1S/C5H8N4O6/c1-6-5(11)7(2)4(10)3(8(12)13)9(14)15/h10H,1-2H3,(H,6,11). The Morgan fingerprint density at radius 2 is 1.73 bits per heavy atom. The second-order valence-corrected chi connectivity index (χ2v) is 2.28. The van der Waals surface area contributed by atoms with Crippen LogP contribution in [0, 0.1) is 20.2 Å². The number of amides is 2. The van der Waals surface area contributed by atoms with Crippen molar-refractivity contribution >= 4 is 6.03 Å². The van der Waals surface area contributed by atoms with Crippen LogP contribution in [0.15, 0.2) is 11.7 Å². The summed E-state index contributed by atoms with van der Waals surface area (Å²) >= 11 is 0. The predicted molar refractivity (Wildman–Crippen MR) is 45.9 cm³/mol. The summed E-state index contributed by atoms with van der Waals surface area (Å²) in [6.07, 6.45) is 0. The zero-order chi connectivity index (χ0) is 12.2. The van der Waals surface area contributed by atoms with Crippen LogP contribution in [0.25, 0.3) is 0 Å². The van der Waals surface area contributed by atoms with Gasteiger partial charge in [0.05, 0.1) is 0 Å². The van der Waals surface area contributed by atoms with Gasteiger partial charge in [0.25, 0.3) is 0 Å². The zero-order valence-electron chi connectivity index (χ0n) is 7.83. The van der Waals surface area contributed by atoms with E-state index < -0.39 is 27.6 Å². The molecule has 0 aromatic heterocycles. The van der Waals surface area contributed by atoms with Gasteiger partial charge in [0.15, 0.2) is 0 Å². The fourth-order valence-electron chi connectivity index (χ4n) is 0.644. The summed E-state index contributed by atoms with van der Waals surface area (Å²) in [6.45, 7) is 0. The van der Waals surface area contributed by atoms with Gasteiger partial charge in [-0.05, 0) is 0 Å². The lowest BCUT2D eigenvalue weighted by atomic mass is 10.6. The van der Waals surface area contributed by atoms with E-state index in [0.29, 0.717) is 4.90 Å². The summed E-state index contributed by atoms with van der Waals surface area (Å²) in [5, 5.41) is 31.5. The lowest BCUT2D eigenvalue weighted by Crippen LogP contribution is -2.36. The van der Waals surface area contributed by atoms with Crippen molar-refractivity contribution in [2.75, 3.05) is 14.1 Å².